The second-order valence-electron chi connectivity index (χ2n) is 4.74. The van der Waals surface area contributed by atoms with Crippen molar-refractivity contribution >= 4 is 11.8 Å². The zero-order chi connectivity index (χ0) is 11.7. The normalized spacial score (nSPS) is 18.4. The van der Waals surface area contributed by atoms with Gasteiger partial charge in [0.25, 0.3) is 0 Å². The molecule has 0 bridgehead atoms. The summed E-state index contributed by atoms with van der Waals surface area (Å²) in [6.45, 7) is 8.50. The van der Waals surface area contributed by atoms with Crippen molar-refractivity contribution in [3.63, 3.8) is 0 Å². The fourth-order valence-electron chi connectivity index (χ4n) is 2.13. The SMILES string of the molecule is CC(C)n1c(N)cnc1N1CCN(C)CC1. The summed E-state index contributed by atoms with van der Waals surface area (Å²) in [5.41, 5.74) is 5.94. The molecule has 0 unspecified atom stereocenters. The smallest absolute Gasteiger partial charge is 0.207 e. The summed E-state index contributed by atoms with van der Waals surface area (Å²) in [4.78, 5) is 9.08. The zero-order valence-electron chi connectivity index (χ0n) is 10.3. The summed E-state index contributed by atoms with van der Waals surface area (Å²) in [6, 6.07) is 0.358. The third kappa shape index (κ3) is 2.00. The van der Waals surface area contributed by atoms with Crippen LogP contribution in [0, 0.1) is 0 Å². The van der Waals surface area contributed by atoms with E-state index < -0.39 is 0 Å². The van der Waals surface area contributed by atoms with E-state index in [1.54, 1.807) is 6.20 Å². The number of nitrogens with zero attached hydrogens (tertiary/aromatic N) is 4. The Hall–Kier alpha value is -1.23. The Balaban J connectivity index is 2.20. The van der Waals surface area contributed by atoms with Crippen molar-refractivity contribution in [1.82, 2.24) is 14.5 Å². The molecule has 0 radical (unpaired) electrons. The molecule has 5 heteroatoms. The van der Waals surface area contributed by atoms with Crippen molar-refractivity contribution in [2.45, 2.75) is 19.9 Å². The molecule has 0 amide bonds. The van der Waals surface area contributed by atoms with Crippen molar-refractivity contribution in [1.29, 1.82) is 0 Å². The van der Waals surface area contributed by atoms with Crippen molar-refractivity contribution in [3.05, 3.63) is 6.20 Å². The molecule has 16 heavy (non-hydrogen) atoms. The third-order valence-electron chi connectivity index (χ3n) is 3.11. The van der Waals surface area contributed by atoms with Gasteiger partial charge in [-0.3, -0.25) is 4.57 Å². The number of rotatable bonds is 2. The van der Waals surface area contributed by atoms with E-state index in [1.807, 2.05) is 0 Å². The Labute approximate surface area is 96.8 Å². The average Bonchev–Trinajstić information content (AvgIpc) is 2.61. The van der Waals surface area contributed by atoms with Gasteiger partial charge in [-0.25, -0.2) is 4.98 Å². The molecular formula is C11H21N5. The number of likely N-dealkylation sites (N-methyl/N-ethyl adjacent to an activating group) is 1. The fraction of sp³-hybridized carbons (Fsp3) is 0.727. The Morgan fingerprint density at radius 3 is 2.44 bits per heavy atom. The molecule has 0 spiro atoms. The molecule has 2 N–H and O–H groups in total. The van der Waals surface area contributed by atoms with Crippen molar-refractivity contribution in [2.24, 2.45) is 0 Å². The predicted octanol–water partition coefficient (Wildman–Crippen LogP) is 0.798. The van der Waals surface area contributed by atoms with Crippen LogP contribution < -0.4 is 10.6 Å². The van der Waals surface area contributed by atoms with Gasteiger partial charge < -0.3 is 15.5 Å². The Morgan fingerprint density at radius 1 is 1.25 bits per heavy atom. The summed E-state index contributed by atoms with van der Waals surface area (Å²) in [5.74, 6) is 1.77. The van der Waals surface area contributed by atoms with Crippen LogP contribution in [0.5, 0.6) is 0 Å². The highest BCUT2D eigenvalue weighted by molar-refractivity contribution is 5.43. The fourth-order valence-corrected chi connectivity index (χ4v) is 2.13. The lowest BCUT2D eigenvalue weighted by atomic mass is 10.3. The largest absolute Gasteiger partial charge is 0.384 e. The second kappa shape index (κ2) is 4.33. The maximum atomic E-state index is 5.94. The lowest BCUT2D eigenvalue weighted by Gasteiger charge is -2.34. The minimum Gasteiger partial charge on any atom is -0.384 e. The first-order valence-electron chi connectivity index (χ1n) is 5.86. The molecule has 1 aromatic heterocycles. The predicted molar refractivity (Wildman–Crippen MR) is 66.7 cm³/mol. The molecule has 1 aliphatic rings. The average molecular weight is 223 g/mol. The van der Waals surface area contributed by atoms with E-state index in [4.69, 9.17) is 5.73 Å². The quantitative estimate of drug-likeness (QED) is 0.805. The minimum atomic E-state index is 0.358. The molecule has 0 aromatic carbocycles. The molecule has 5 nitrogen and oxygen atoms in total. The monoisotopic (exact) mass is 223 g/mol. The highest BCUT2D eigenvalue weighted by Gasteiger charge is 2.20. The number of aromatic nitrogens is 2. The molecule has 2 rings (SSSR count). The van der Waals surface area contributed by atoms with Crippen LogP contribution in [0.1, 0.15) is 19.9 Å². The standard InChI is InChI=1S/C11H21N5/c1-9(2)16-10(12)8-13-11(16)15-6-4-14(3)5-7-15/h8-9H,4-7,12H2,1-3H3. The van der Waals surface area contributed by atoms with E-state index in [2.05, 4.69) is 40.2 Å². The number of hydrogen-bond donors (Lipinski definition) is 1. The van der Waals surface area contributed by atoms with Crippen LogP contribution in [0.4, 0.5) is 11.8 Å². The van der Waals surface area contributed by atoms with Gasteiger partial charge in [-0.05, 0) is 20.9 Å². The minimum absolute atomic E-state index is 0.358. The number of nitrogen functional groups attached to an aromatic ring is 1. The summed E-state index contributed by atoms with van der Waals surface area (Å²) >= 11 is 0. The van der Waals surface area contributed by atoms with E-state index >= 15 is 0 Å². The van der Waals surface area contributed by atoms with Gasteiger partial charge in [0.1, 0.15) is 5.82 Å². The molecular weight excluding hydrogens is 202 g/mol. The number of anilines is 2. The van der Waals surface area contributed by atoms with E-state index in [9.17, 15) is 0 Å². The van der Waals surface area contributed by atoms with Gasteiger partial charge >= 0.3 is 0 Å². The van der Waals surface area contributed by atoms with Gasteiger partial charge in [0.15, 0.2) is 0 Å². The summed E-state index contributed by atoms with van der Waals surface area (Å²) in [7, 11) is 2.15. The molecule has 1 aliphatic heterocycles. The highest BCUT2D eigenvalue weighted by atomic mass is 15.4. The Kier molecular flexibility index (Phi) is 3.05. The summed E-state index contributed by atoms with van der Waals surface area (Å²) in [6.07, 6.45) is 1.76. The van der Waals surface area contributed by atoms with Crippen molar-refractivity contribution in [3.8, 4) is 0 Å². The van der Waals surface area contributed by atoms with Crippen LogP contribution in [-0.4, -0.2) is 47.7 Å². The van der Waals surface area contributed by atoms with Gasteiger partial charge in [0, 0.05) is 32.2 Å². The van der Waals surface area contributed by atoms with Gasteiger partial charge in [0.2, 0.25) is 5.95 Å². The van der Waals surface area contributed by atoms with Gasteiger partial charge in [-0.2, -0.15) is 0 Å². The van der Waals surface area contributed by atoms with Crippen molar-refractivity contribution in [2.75, 3.05) is 43.9 Å². The van der Waals surface area contributed by atoms with Gasteiger partial charge in [-0.1, -0.05) is 0 Å². The lowest BCUT2D eigenvalue weighted by Crippen LogP contribution is -2.45. The second-order valence-corrected chi connectivity index (χ2v) is 4.74. The van der Waals surface area contributed by atoms with Gasteiger partial charge in [-0.15, -0.1) is 0 Å². The number of imidazole rings is 1. The first-order chi connectivity index (χ1) is 7.59. The van der Waals surface area contributed by atoms with Crippen LogP contribution in [0.3, 0.4) is 0 Å². The number of nitrogens with two attached hydrogens (primary N) is 1. The van der Waals surface area contributed by atoms with Crippen molar-refractivity contribution < 1.29 is 0 Å². The molecule has 1 aromatic rings. The molecule has 1 saturated heterocycles. The topological polar surface area (TPSA) is 50.3 Å². The number of hydrogen-bond acceptors (Lipinski definition) is 4. The van der Waals surface area contributed by atoms with E-state index in [0.29, 0.717) is 6.04 Å². The first kappa shape index (κ1) is 11.3. The van der Waals surface area contributed by atoms with E-state index in [-0.39, 0.29) is 0 Å². The third-order valence-corrected chi connectivity index (χ3v) is 3.11. The summed E-state index contributed by atoms with van der Waals surface area (Å²) < 4.78 is 2.10. The van der Waals surface area contributed by atoms with E-state index in [0.717, 1.165) is 37.9 Å². The molecule has 0 saturated carbocycles. The molecule has 90 valence electrons. The van der Waals surface area contributed by atoms with Gasteiger partial charge in [0.05, 0.1) is 6.20 Å². The lowest BCUT2D eigenvalue weighted by molar-refractivity contribution is 0.309. The van der Waals surface area contributed by atoms with Crippen LogP contribution in [-0.2, 0) is 0 Å². The van der Waals surface area contributed by atoms with Crippen LogP contribution in [0.2, 0.25) is 0 Å². The van der Waals surface area contributed by atoms with Crippen LogP contribution >= 0.6 is 0 Å². The molecule has 1 fully saturated rings. The molecule has 2 heterocycles. The maximum absolute atomic E-state index is 5.94. The van der Waals surface area contributed by atoms with Crippen LogP contribution in [0.25, 0.3) is 0 Å². The Bertz CT molecular complexity index is 349. The number of piperazine rings is 1. The molecule has 0 atom stereocenters. The maximum Gasteiger partial charge on any atom is 0.207 e. The first-order valence-corrected chi connectivity index (χ1v) is 5.86. The molecule has 0 aliphatic carbocycles. The summed E-state index contributed by atoms with van der Waals surface area (Å²) in [5, 5.41) is 0. The highest BCUT2D eigenvalue weighted by Crippen LogP contribution is 2.23. The zero-order valence-corrected chi connectivity index (χ0v) is 10.3. The van der Waals surface area contributed by atoms with E-state index in [1.165, 1.54) is 0 Å². The Morgan fingerprint density at radius 2 is 1.88 bits per heavy atom. The van der Waals surface area contributed by atoms with Crippen LogP contribution in [0.15, 0.2) is 6.20 Å².